The predicted molar refractivity (Wildman–Crippen MR) is 88.4 cm³/mol. The summed E-state index contributed by atoms with van der Waals surface area (Å²) in [4.78, 5) is 15.0. The Bertz CT molecular complexity index is 907. The van der Waals surface area contributed by atoms with Crippen LogP contribution in [0.15, 0.2) is 24.3 Å². The maximum Gasteiger partial charge on any atom is 0.258 e. The third-order valence-corrected chi connectivity index (χ3v) is 5.24. The van der Waals surface area contributed by atoms with Crippen molar-refractivity contribution in [1.82, 2.24) is 4.90 Å². The number of ether oxygens (including phenoxy) is 4. The number of rotatable bonds is 2. The Morgan fingerprint density at radius 3 is 2.56 bits per heavy atom. The van der Waals surface area contributed by atoms with E-state index in [-0.39, 0.29) is 18.7 Å². The van der Waals surface area contributed by atoms with Gasteiger partial charge >= 0.3 is 0 Å². The number of fused-ring (bicyclic) bond motifs is 5. The van der Waals surface area contributed by atoms with Crippen LogP contribution < -0.4 is 18.9 Å². The van der Waals surface area contributed by atoms with Gasteiger partial charge in [0.25, 0.3) is 5.91 Å². The average Bonchev–Trinajstić information content (AvgIpc) is 3.20. The Kier molecular flexibility index (Phi) is 2.92. The molecule has 0 N–H and O–H groups in total. The minimum Gasteiger partial charge on any atom is -0.493 e. The maximum atomic E-state index is 13.1. The van der Waals surface area contributed by atoms with Gasteiger partial charge in [-0.05, 0) is 41.3 Å². The van der Waals surface area contributed by atoms with Crippen LogP contribution in [0, 0.1) is 0 Å². The van der Waals surface area contributed by atoms with E-state index >= 15 is 0 Å². The molecule has 1 amide bonds. The van der Waals surface area contributed by atoms with Gasteiger partial charge in [0, 0.05) is 6.54 Å². The Balaban J connectivity index is 1.61. The minimum absolute atomic E-state index is 0.00942. The number of methoxy groups -OCH3 is 2. The number of hydrogen-bond acceptors (Lipinski definition) is 5. The second-order valence-corrected chi connectivity index (χ2v) is 6.39. The van der Waals surface area contributed by atoms with Crippen molar-refractivity contribution < 1.29 is 23.7 Å². The van der Waals surface area contributed by atoms with Crippen LogP contribution in [-0.2, 0) is 13.0 Å². The fraction of sp³-hybridized carbons (Fsp3) is 0.316. The fourth-order valence-electron chi connectivity index (χ4n) is 4.05. The zero-order valence-electron chi connectivity index (χ0n) is 14.0. The molecule has 0 aliphatic carbocycles. The Morgan fingerprint density at radius 2 is 1.84 bits per heavy atom. The number of hydrogen-bond donors (Lipinski definition) is 0. The quantitative estimate of drug-likeness (QED) is 0.842. The van der Waals surface area contributed by atoms with Crippen molar-refractivity contribution in [2.75, 3.05) is 21.0 Å². The number of carbonyl (C=O) groups excluding carboxylic acids is 1. The molecule has 0 saturated heterocycles. The third kappa shape index (κ3) is 1.88. The fourth-order valence-corrected chi connectivity index (χ4v) is 4.05. The summed E-state index contributed by atoms with van der Waals surface area (Å²) in [6, 6.07) is 7.87. The van der Waals surface area contributed by atoms with Crippen molar-refractivity contribution in [1.29, 1.82) is 0 Å². The SMILES string of the molecule is COc1ccc2c(c1OC)C(=O)N1Cc3cc4c(cc3C[C@@H]21)OCO4. The molecular weight excluding hydrogens is 322 g/mol. The van der Waals surface area contributed by atoms with Crippen molar-refractivity contribution in [2.45, 2.75) is 19.0 Å². The van der Waals surface area contributed by atoms with E-state index in [9.17, 15) is 4.79 Å². The summed E-state index contributed by atoms with van der Waals surface area (Å²) in [5.41, 5.74) is 3.90. The topological polar surface area (TPSA) is 57.2 Å². The van der Waals surface area contributed by atoms with Gasteiger partial charge < -0.3 is 23.8 Å². The van der Waals surface area contributed by atoms with Crippen molar-refractivity contribution >= 4 is 5.91 Å². The molecule has 1 atom stereocenters. The zero-order chi connectivity index (χ0) is 17.1. The highest BCUT2D eigenvalue weighted by atomic mass is 16.7. The molecule has 0 radical (unpaired) electrons. The number of benzene rings is 2. The van der Waals surface area contributed by atoms with E-state index in [1.54, 1.807) is 14.2 Å². The van der Waals surface area contributed by atoms with Gasteiger partial charge in [0.1, 0.15) is 0 Å². The van der Waals surface area contributed by atoms with E-state index in [0.29, 0.717) is 23.6 Å². The smallest absolute Gasteiger partial charge is 0.258 e. The third-order valence-electron chi connectivity index (χ3n) is 5.24. The van der Waals surface area contributed by atoms with E-state index in [0.717, 1.165) is 29.0 Å². The van der Waals surface area contributed by atoms with Crippen molar-refractivity contribution in [3.63, 3.8) is 0 Å². The first-order chi connectivity index (χ1) is 12.2. The monoisotopic (exact) mass is 339 g/mol. The molecule has 2 aromatic rings. The summed E-state index contributed by atoms with van der Waals surface area (Å²) in [6.45, 7) is 0.805. The molecule has 3 heterocycles. The summed E-state index contributed by atoms with van der Waals surface area (Å²) in [5.74, 6) is 2.61. The lowest BCUT2D eigenvalue weighted by molar-refractivity contribution is 0.0690. The number of carbonyl (C=O) groups is 1. The maximum absolute atomic E-state index is 13.1. The molecule has 0 aromatic heterocycles. The summed E-state index contributed by atoms with van der Waals surface area (Å²) in [6.07, 6.45) is 0.750. The minimum atomic E-state index is -0.0148. The van der Waals surface area contributed by atoms with Crippen LogP contribution in [0.4, 0.5) is 0 Å². The highest BCUT2D eigenvalue weighted by Gasteiger charge is 2.43. The van der Waals surface area contributed by atoms with Crippen molar-refractivity contribution in [3.05, 3.63) is 46.5 Å². The Hall–Kier alpha value is -2.89. The molecule has 0 spiro atoms. The molecule has 0 saturated carbocycles. The van der Waals surface area contributed by atoms with E-state index in [2.05, 4.69) is 0 Å². The molecule has 5 rings (SSSR count). The van der Waals surface area contributed by atoms with Crippen molar-refractivity contribution in [3.8, 4) is 23.0 Å². The van der Waals surface area contributed by atoms with E-state index in [1.165, 1.54) is 5.56 Å². The molecule has 2 aromatic carbocycles. The highest BCUT2D eigenvalue weighted by Crippen LogP contribution is 2.48. The zero-order valence-corrected chi connectivity index (χ0v) is 14.0. The van der Waals surface area contributed by atoms with Crippen LogP contribution in [0.3, 0.4) is 0 Å². The van der Waals surface area contributed by atoms with Crippen molar-refractivity contribution in [2.24, 2.45) is 0 Å². The normalized spacial score (nSPS) is 19.4. The van der Waals surface area contributed by atoms with Gasteiger partial charge in [0.2, 0.25) is 6.79 Å². The lowest BCUT2D eigenvalue weighted by Gasteiger charge is -2.32. The number of amides is 1. The lowest BCUT2D eigenvalue weighted by Crippen LogP contribution is -2.32. The van der Waals surface area contributed by atoms with Crippen LogP contribution in [-0.4, -0.2) is 31.8 Å². The molecule has 128 valence electrons. The molecule has 0 bridgehead atoms. The molecule has 6 nitrogen and oxygen atoms in total. The molecular formula is C19H17NO5. The Labute approximate surface area is 144 Å². The summed E-state index contributed by atoms with van der Waals surface area (Å²) in [7, 11) is 3.14. The van der Waals surface area contributed by atoms with E-state index in [4.69, 9.17) is 18.9 Å². The average molecular weight is 339 g/mol. The first-order valence-corrected chi connectivity index (χ1v) is 8.18. The predicted octanol–water partition coefficient (Wildman–Crippen LogP) is 2.69. The number of nitrogens with zero attached hydrogens (tertiary/aromatic N) is 1. The van der Waals surface area contributed by atoms with Crippen LogP contribution in [0.1, 0.15) is 33.1 Å². The summed E-state index contributed by atoms with van der Waals surface area (Å²) >= 11 is 0. The van der Waals surface area contributed by atoms with Gasteiger partial charge in [-0.2, -0.15) is 0 Å². The first-order valence-electron chi connectivity index (χ1n) is 8.18. The van der Waals surface area contributed by atoms with Gasteiger partial charge in [-0.1, -0.05) is 6.07 Å². The van der Waals surface area contributed by atoms with Crippen LogP contribution >= 0.6 is 0 Å². The van der Waals surface area contributed by atoms with Crippen LogP contribution in [0.5, 0.6) is 23.0 Å². The molecule has 0 fully saturated rings. The van der Waals surface area contributed by atoms with Gasteiger partial charge in [-0.15, -0.1) is 0 Å². The molecule has 25 heavy (non-hydrogen) atoms. The van der Waals surface area contributed by atoms with Crippen LogP contribution in [0.2, 0.25) is 0 Å². The molecule has 6 heteroatoms. The van der Waals surface area contributed by atoms with E-state index < -0.39 is 0 Å². The molecule has 3 aliphatic heterocycles. The second-order valence-electron chi connectivity index (χ2n) is 6.39. The molecule has 3 aliphatic rings. The standard InChI is InChI=1S/C19H17NO5/c1-22-14-4-3-12-13-5-10-6-15-16(25-9-24-15)7-11(10)8-20(13)19(21)17(12)18(14)23-2/h3-4,6-7,13H,5,8-9H2,1-2H3/t13-/m0/s1. The van der Waals surface area contributed by atoms with Gasteiger partial charge in [-0.25, -0.2) is 0 Å². The lowest BCUT2D eigenvalue weighted by atomic mass is 9.91. The largest absolute Gasteiger partial charge is 0.493 e. The second kappa shape index (κ2) is 5.05. The first kappa shape index (κ1) is 14.5. The molecule has 0 unspecified atom stereocenters. The van der Waals surface area contributed by atoms with Crippen LogP contribution in [0.25, 0.3) is 0 Å². The van der Waals surface area contributed by atoms with E-state index in [1.807, 2.05) is 29.2 Å². The van der Waals surface area contributed by atoms with Gasteiger partial charge in [0.15, 0.2) is 23.0 Å². The van der Waals surface area contributed by atoms with Gasteiger partial charge in [0.05, 0.1) is 25.8 Å². The summed E-state index contributed by atoms with van der Waals surface area (Å²) in [5, 5.41) is 0. The Morgan fingerprint density at radius 1 is 1.08 bits per heavy atom. The van der Waals surface area contributed by atoms with Gasteiger partial charge in [-0.3, -0.25) is 4.79 Å². The summed E-state index contributed by atoms with van der Waals surface area (Å²) < 4.78 is 21.8. The highest BCUT2D eigenvalue weighted by molar-refractivity contribution is 6.02.